The van der Waals surface area contributed by atoms with Gasteiger partial charge in [-0.1, -0.05) is 32.9 Å². The minimum absolute atomic E-state index is 0.0297. The minimum Gasteiger partial charge on any atom is -0.497 e. The van der Waals surface area contributed by atoms with Gasteiger partial charge in [0.05, 0.1) is 20.3 Å². The van der Waals surface area contributed by atoms with E-state index in [2.05, 4.69) is 0 Å². The van der Waals surface area contributed by atoms with E-state index in [-0.39, 0.29) is 30.3 Å². The molecule has 0 saturated carbocycles. The molecule has 1 aromatic rings. The van der Waals surface area contributed by atoms with Crippen LogP contribution in [0.4, 0.5) is 4.79 Å². The second-order valence-electron chi connectivity index (χ2n) is 10.7. The van der Waals surface area contributed by atoms with E-state index < -0.39 is 23.7 Å². The van der Waals surface area contributed by atoms with E-state index in [1.54, 1.807) is 32.8 Å². The molecule has 2 amide bonds. The van der Waals surface area contributed by atoms with Gasteiger partial charge in [0.2, 0.25) is 5.91 Å². The van der Waals surface area contributed by atoms with E-state index in [9.17, 15) is 14.4 Å². The summed E-state index contributed by atoms with van der Waals surface area (Å²) in [5.74, 6) is 0.183. The highest BCUT2D eigenvalue weighted by molar-refractivity contribution is 5.83. The van der Waals surface area contributed by atoms with Crippen molar-refractivity contribution < 1.29 is 28.6 Å². The smallest absolute Gasteiger partial charge is 0.411 e. The van der Waals surface area contributed by atoms with Crippen LogP contribution in [0.15, 0.2) is 24.3 Å². The van der Waals surface area contributed by atoms with Gasteiger partial charge >= 0.3 is 12.1 Å². The number of ether oxygens (including phenoxy) is 3. The summed E-state index contributed by atoms with van der Waals surface area (Å²) in [5, 5.41) is 0. The largest absolute Gasteiger partial charge is 0.497 e. The van der Waals surface area contributed by atoms with Gasteiger partial charge in [-0.15, -0.1) is 0 Å². The molecule has 1 aliphatic heterocycles. The summed E-state index contributed by atoms with van der Waals surface area (Å²) >= 11 is 0. The summed E-state index contributed by atoms with van der Waals surface area (Å²) in [6, 6.07) is 6.36. The Bertz CT molecular complexity index is 838. The Balaban J connectivity index is 2.34. The SMILES string of the molecule is COC(=O)[C@@H]1C[C@@H](N(Cc2ccc(OC)cc2)C(=O)CC(C)(C)C)CN1C(=O)OC(C)(C)C. The number of methoxy groups -OCH3 is 2. The number of rotatable bonds is 6. The van der Waals surface area contributed by atoms with Gasteiger partial charge in [-0.25, -0.2) is 9.59 Å². The van der Waals surface area contributed by atoms with E-state index in [0.29, 0.717) is 13.0 Å². The van der Waals surface area contributed by atoms with Gasteiger partial charge in [-0.3, -0.25) is 9.69 Å². The number of hydrogen-bond acceptors (Lipinski definition) is 6. The monoisotopic (exact) mass is 462 g/mol. The van der Waals surface area contributed by atoms with Crippen molar-refractivity contribution in [3.05, 3.63) is 29.8 Å². The minimum atomic E-state index is -0.810. The average molecular weight is 463 g/mol. The van der Waals surface area contributed by atoms with Crippen LogP contribution in [0, 0.1) is 5.41 Å². The maximum absolute atomic E-state index is 13.4. The Labute approximate surface area is 197 Å². The molecule has 1 aromatic carbocycles. The van der Waals surface area contributed by atoms with Crippen LogP contribution in [0.1, 0.15) is 59.9 Å². The van der Waals surface area contributed by atoms with Gasteiger partial charge in [0.25, 0.3) is 0 Å². The number of esters is 1. The lowest BCUT2D eigenvalue weighted by Crippen LogP contribution is -2.45. The number of hydrogen-bond donors (Lipinski definition) is 0. The topological polar surface area (TPSA) is 85.4 Å². The molecule has 1 saturated heterocycles. The fraction of sp³-hybridized carbons (Fsp3) is 0.640. The van der Waals surface area contributed by atoms with E-state index in [4.69, 9.17) is 14.2 Å². The van der Waals surface area contributed by atoms with E-state index >= 15 is 0 Å². The first kappa shape index (κ1) is 26.5. The second-order valence-corrected chi connectivity index (χ2v) is 10.7. The summed E-state index contributed by atoms with van der Waals surface area (Å²) in [7, 11) is 2.90. The molecule has 0 aromatic heterocycles. The lowest BCUT2D eigenvalue weighted by atomic mass is 9.91. The zero-order valence-corrected chi connectivity index (χ0v) is 21.1. The van der Waals surface area contributed by atoms with E-state index in [1.807, 2.05) is 45.0 Å². The Morgan fingerprint density at radius 3 is 2.12 bits per heavy atom. The van der Waals surface area contributed by atoms with Crippen LogP contribution >= 0.6 is 0 Å². The van der Waals surface area contributed by atoms with Crippen molar-refractivity contribution in [3.63, 3.8) is 0 Å². The van der Waals surface area contributed by atoms with Crippen LogP contribution in [0.3, 0.4) is 0 Å². The van der Waals surface area contributed by atoms with Crippen LogP contribution in [-0.4, -0.2) is 66.2 Å². The van der Waals surface area contributed by atoms with Crippen LogP contribution in [0.5, 0.6) is 5.75 Å². The van der Waals surface area contributed by atoms with Crippen LogP contribution in [0.25, 0.3) is 0 Å². The predicted octanol–water partition coefficient (Wildman–Crippen LogP) is 4.01. The van der Waals surface area contributed by atoms with E-state index in [1.165, 1.54) is 12.0 Å². The fourth-order valence-corrected chi connectivity index (χ4v) is 3.83. The maximum Gasteiger partial charge on any atom is 0.411 e. The molecule has 0 bridgehead atoms. The fourth-order valence-electron chi connectivity index (χ4n) is 3.83. The van der Waals surface area contributed by atoms with Gasteiger partial charge < -0.3 is 19.1 Å². The summed E-state index contributed by atoms with van der Waals surface area (Å²) in [6.07, 6.45) is 0.0421. The van der Waals surface area contributed by atoms with Crippen LogP contribution in [-0.2, 0) is 25.6 Å². The predicted molar refractivity (Wildman–Crippen MR) is 125 cm³/mol. The van der Waals surface area contributed by atoms with Crippen molar-refractivity contribution in [3.8, 4) is 5.75 Å². The Kier molecular flexibility index (Phi) is 8.38. The zero-order chi connectivity index (χ0) is 25.0. The number of carbonyl (C=O) groups is 3. The zero-order valence-electron chi connectivity index (χ0n) is 21.1. The van der Waals surface area contributed by atoms with Gasteiger partial charge in [-0.05, 0) is 43.9 Å². The third-order valence-corrected chi connectivity index (χ3v) is 5.33. The molecule has 0 unspecified atom stereocenters. The summed E-state index contributed by atoms with van der Waals surface area (Å²) < 4.78 is 15.7. The molecule has 2 atom stereocenters. The Morgan fingerprint density at radius 2 is 1.64 bits per heavy atom. The van der Waals surface area contributed by atoms with Crippen molar-refractivity contribution in [1.29, 1.82) is 0 Å². The number of likely N-dealkylation sites (tertiary alicyclic amines) is 1. The molecule has 2 rings (SSSR count). The normalized spacial score (nSPS) is 18.6. The highest BCUT2D eigenvalue weighted by Gasteiger charge is 2.45. The van der Waals surface area contributed by atoms with Crippen LogP contribution < -0.4 is 4.74 Å². The number of amides is 2. The van der Waals surface area contributed by atoms with Crippen molar-refractivity contribution in [2.75, 3.05) is 20.8 Å². The highest BCUT2D eigenvalue weighted by atomic mass is 16.6. The molecule has 33 heavy (non-hydrogen) atoms. The van der Waals surface area contributed by atoms with Crippen molar-refractivity contribution >= 4 is 18.0 Å². The maximum atomic E-state index is 13.4. The van der Waals surface area contributed by atoms with Gasteiger partial charge in [0, 0.05) is 25.9 Å². The molecule has 0 N–H and O–H groups in total. The molecule has 8 heteroatoms. The quantitative estimate of drug-likeness (QED) is 0.594. The molecule has 184 valence electrons. The first-order valence-electron chi connectivity index (χ1n) is 11.2. The van der Waals surface area contributed by atoms with Gasteiger partial charge in [0.15, 0.2) is 0 Å². The lowest BCUT2D eigenvalue weighted by molar-refractivity contribution is -0.146. The first-order chi connectivity index (χ1) is 15.2. The lowest BCUT2D eigenvalue weighted by Gasteiger charge is -2.32. The number of benzene rings is 1. The molecule has 8 nitrogen and oxygen atoms in total. The van der Waals surface area contributed by atoms with E-state index in [0.717, 1.165) is 11.3 Å². The van der Waals surface area contributed by atoms with Crippen LogP contribution in [0.2, 0.25) is 0 Å². The highest BCUT2D eigenvalue weighted by Crippen LogP contribution is 2.29. The second kappa shape index (κ2) is 10.4. The molecule has 1 aliphatic rings. The molecule has 0 spiro atoms. The Hall–Kier alpha value is -2.77. The summed E-state index contributed by atoms with van der Waals surface area (Å²) in [6.45, 7) is 11.9. The molecular formula is C25H38N2O6. The summed E-state index contributed by atoms with van der Waals surface area (Å²) in [5.41, 5.74) is 0.0181. The molecule has 1 fully saturated rings. The average Bonchev–Trinajstić information content (AvgIpc) is 3.14. The van der Waals surface area contributed by atoms with Crippen molar-refractivity contribution in [2.45, 2.75) is 78.6 Å². The van der Waals surface area contributed by atoms with Gasteiger partial charge in [-0.2, -0.15) is 0 Å². The molecule has 0 radical (unpaired) electrons. The first-order valence-corrected chi connectivity index (χ1v) is 11.2. The number of nitrogens with zero attached hydrogens (tertiary/aromatic N) is 2. The third-order valence-electron chi connectivity index (χ3n) is 5.33. The molecule has 0 aliphatic carbocycles. The number of carbonyl (C=O) groups excluding carboxylic acids is 3. The molecule has 1 heterocycles. The Morgan fingerprint density at radius 1 is 1.03 bits per heavy atom. The molecular weight excluding hydrogens is 424 g/mol. The van der Waals surface area contributed by atoms with Crippen molar-refractivity contribution in [1.82, 2.24) is 9.80 Å². The van der Waals surface area contributed by atoms with Gasteiger partial charge in [0.1, 0.15) is 17.4 Å². The van der Waals surface area contributed by atoms with Crippen molar-refractivity contribution in [2.24, 2.45) is 5.41 Å². The third kappa shape index (κ3) is 7.65. The summed E-state index contributed by atoms with van der Waals surface area (Å²) in [4.78, 5) is 41.9. The standard InChI is InChI=1S/C25H38N2O6/c1-24(2,3)14-21(28)26(15-17-9-11-19(31-7)12-10-17)18-13-20(22(29)32-8)27(16-18)23(30)33-25(4,5)6/h9-12,18,20H,13-16H2,1-8H3/t18-,20+/m1/s1.